The highest BCUT2D eigenvalue weighted by Gasteiger charge is 2.06. The Bertz CT molecular complexity index is 88.9. The van der Waals surface area contributed by atoms with Crippen molar-refractivity contribution in [2.24, 2.45) is 5.92 Å². The minimum atomic E-state index is 0.563. The van der Waals surface area contributed by atoms with E-state index in [1.54, 1.807) is 0 Å². The Morgan fingerprint density at radius 1 is 1.56 bits per heavy atom. The second-order valence-corrected chi connectivity index (χ2v) is 3.46. The van der Waals surface area contributed by atoms with Crippen LogP contribution in [-0.2, 0) is 0 Å². The van der Waals surface area contributed by atoms with E-state index in [0.29, 0.717) is 5.92 Å². The van der Waals surface area contributed by atoms with E-state index in [4.69, 9.17) is 12.2 Å². The Balaban J connectivity index is 3.54. The number of hydrogen-bond acceptors (Lipinski definition) is 1. The molecule has 0 aromatic heterocycles. The van der Waals surface area contributed by atoms with E-state index in [0.717, 1.165) is 10.6 Å². The first-order valence-electron chi connectivity index (χ1n) is 3.45. The minimum absolute atomic E-state index is 0.563. The molecule has 0 aliphatic carbocycles. The third-order valence-electron chi connectivity index (χ3n) is 1.48. The van der Waals surface area contributed by atoms with Crippen molar-refractivity contribution >= 4 is 29.0 Å². The average molecular weight is 162 g/mol. The number of hydrogen-bond donors (Lipinski definition) is 1. The molecule has 1 atom stereocenters. The van der Waals surface area contributed by atoms with Crippen molar-refractivity contribution in [2.75, 3.05) is 0 Å². The summed E-state index contributed by atoms with van der Waals surface area (Å²) in [4.78, 5) is 0. The van der Waals surface area contributed by atoms with Gasteiger partial charge < -0.3 is 0 Å². The van der Waals surface area contributed by atoms with Crippen molar-refractivity contribution in [2.45, 2.75) is 33.1 Å². The quantitative estimate of drug-likeness (QED) is 0.489. The Morgan fingerprint density at radius 2 is 2.11 bits per heavy atom. The predicted octanol–water partition coefficient (Wildman–Crippen LogP) is 3.07. The molecule has 1 unspecified atom stereocenters. The van der Waals surface area contributed by atoms with Crippen LogP contribution in [0.1, 0.15) is 33.1 Å². The highest BCUT2D eigenvalue weighted by molar-refractivity contribution is 8.11. The van der Waals surface area contributed by atoms with E-state index in [2.05, 4.69) is 26.5 Å². The van der Waals surface area contributed by atoms with E-state index >= 15 is 0 Å². The van der Waals surface area contributed by atoms with Crippen molar-refractivity contribution in [3.63, 3.8) is 0 Å². The molecule has 0 rings (SSSR count). The van der Waals surface area contributed by atoms with Gasteiger partial charge in [0.15, 0.2) is 0 Å². The zero-order valence-electron chi connectivity index (χ0n) is 6.05. The van der Waals surface area contributed by atoms with E-state index < -0.39 is 0 Å². The monoisotopic (exact) mass is 162 g/mol. The van der Waals surface area contributed by atoms with Crippen LogP contribution in [0.25, 0.3) is 0 Å². The predicted molar refractivity (Wildman–Crippen MR) is 50.3 cm³/mol. The Hall–Kier alpha value is 0.440. The molecule has 0 radical (unpaired) electrons. The normalized spacial score (nSPS) is 13.2. The fraction of sp³-hybridized carbons (Fsp3) is 0.857. The number of rotatable bonds is 4. The van der Waals surface area contributed by atoms with E-state index in [1.807, 2.05) is 0 Å². The summed E-state index contributed by atoms with van der Waals surface area (Å²) in [6.45, 7) is 4.33. The van der Waals surface area contributed by atoms with Crippen molar-refractivity contribution in [3.05, 3.63) is 0 Å². The molecule has 0 N–H and O–H groups in total. The molecule has 0 aromatic carbocycles. The van der Waals surface area contributed by atoms with Crippen LogP contribution in [0.2, 0.25) is 0 Å². The molecule has 0 nitrogen and oxygen atoms in total. The Labute approximate surface area is 68.4 Å². The molecule has 0 amide bonds. The molecular weight excluding hydrogens is 148 g/mol. The van der Waals surface area contributed by atoms with Gasteiger partial charge in [-0.15, -0.1) is 12.6 Å². The lowest BCUT2D eigenvalue weighted by molar-refractivity contribution is 0.607. The summed E-state index contributed by atoms with van der Waals surface area (Å²) in [5.74, 6) is 0.563. The van der Waals surface area contributed by atoms with Crippen molar-refractivity contribution in [1.82, 2.24) is 0 Å². The lowest BCUT2D eigenvalue weighted by Crippen LogP contribution is -2.04. The molecule has 54 valence electrons. The van der Waals surface area contributed by atoms with Gasteiger partial charge in [-0.05, 0) is 18.8 Å². The molecule has 2 heteroatoms. The standard InChI is InChI=1S/C7H14S2/c1-3-5-6(4-2)7(8)9/h6H,3-5H2,1-2H3,(H,8,9). The Kier molecular flexibility index (Phi) is 5.50. The first-order valence-corrected chi connectivity index (χ1v) is 4.30. The third kappa shape index (κ3) is 3.93. The lowest BCUT2D eigenvalue weighted by atomic mass is 10.0. The van der Waals surface area contributed by atoms with Crippen LogP contribution < -0.4 is 0 Å². The van der Waals surface area contributed by atoms with Gasteiger partial charge in [-0.25, -0.2) is 0 Å². The van der Waals surface area contributed by atoms with Crippen LogP contribution in [0.5, 0.6) is 0 Å². The Morgan fingerprint density at radius 3 is 2.22 bits per heavy atom. The van der Waals surface area contributed by atoms with Gasteiger partial charge in [0, 0.05) is 4.20 Å². The van der Waals surface area contributed by atoms with Crippen LogP contribution in [0.3, 0.4) is 0 Å². The average Bonchev–Trinajstić information content (AvgIpc) is 1.82. The molecular formula is C7H14S2. The van der Waals surface area contributed by atoms with E-state index in [1.165, 1.54) is 12.8 Å². The summed E-state index contributed by atoms with van der Waals surface area (Å²) in [7, 11) is 0. The van der Waals surface area contributed by atoms with Gasteiger partial charge in [0.1, 0.15) is 0 Å². The maximum Gasteiger partial charge on any atom is 0.0478 e. The fourth-order valence-corrected chi connectivity index (χ4v) is 1.45. The highest BCUT2D eigenvalue weighted by atomic mass is 32.1. The molecule has 0 spiro atoms. The summed E-state index contributed by atoms with van der Waals surface area (Å²) in [5, 5.41) is 0. The maximum absolute atomic E-state index is 4.95. The van der Waals surface area contributed by atoms with Gasteiger partial charge in [-0.1, -0.05) is 32.5 Å². The SMILES string of the molecule is CCCC(CC)C(=S)S. The van der Waals surface area contributed by atoms with Gasteiger partial charge in [0.05, 0.1) is 0 Å². The van der Waals surface area contributed by atoms with Crippen LogP contribution in [0.15, 0.2) is 0 Å². The zero-order valence-corrected chi connectivity index (χ0v) is 7.77. The van der Waals surface area contributed by atoms with Crippen molar-refractivity contribution in [3.8, 4) is 0 Å². The molecule has 0 aliphatic rings. The van der Waals surface area contributed by atoms with Crippen LogP contribution in [0, 0.1) is 5.92 Å². The zero-order chi connectivity index (χ0) is 7.28. The van der Waals surface area contributed by atoms with Crippen molar-refractivity contribution in [1.29, 1.82) is 0 Å². The molecule has 0 saturated heterocycles. The summed E-state index contributed by atoms with van der Waals surface area (Å²) in [5.41, 5.74) is 0. The summed E-state index contributed by atoms with van der Waals surface area (Å²) < 4.78 is 0.874. The van der Waals surface area contributed by atoms with Crippen molar-refractivity contribution < 1.29 is 0 Å². The number of thiocarbonyl (C=S) groups is 1. The van der Waals surface area contributed by atoms with Gasteiger partial charge in [-0.2, -0.15) is 0 Å². The molecule has 0 saturated carbocycles. The first kappa shape index (κ1) is 9.44. The molecule has 9 heavy (non-hydrogen) atoms. The molecule has 0 aliphatic heterocycles. The van der Waals surface area contributed by atoms with Gasteiger partial charge in [0.2, 0.25) is 0 Å². The summed E-state index contributed by atoms with van der Waals surface area (Å²) in [6.07, 6.45) is 3.54. The summed E-state index contributed by atoms with van der Waals surface area (Å²) in [6, 6.07) is 0. The van der Waals surface area contributed by atoms with Gasteiger partial charge >= 0.3 is 0 Å². The van der Waals surface area contributed by atoms with Gasteiger partial charge in [0.25, 0.3) is 0 Å². The first-order chi connectivity index (χ1) is 4.22. The molecule has 0 aromatic rings. The maximum atomic E-state index is 4.95. The van der Waals surface area contributed by atoms with Gasteiger partial charge in [-0.3, -0.25) is 0 Å². The smallest absolute Gasteiger partial charge is 0.0478 e. The summed E-state index contributed by atoms with van der Waals surface area (Å²) >= 11 is 9.08. The second-order valence-electron chi connectivity index (χ2n) is 2.23. The lowest BCUT2D eigenvalue weighted by Gasteiger charge is -2.09. The second kappa shape index (κ2) is 5.24. The van der Waals surface area contributed by atoms with Crippen LogP contribution in [-0.4, -0.2) is 4.20 Å². The highest BCUT2D eigenvalue weighted by Crippen LogP contribution is 2.14. The molecule has 0 fully saturated rings. The topological polar surface area (TPSA) is 0 Å². The third-order valence-corrected chi connectivity index (χ3v) is 2.18. The van der Waals surface area contributed by atoms with E-state index in [9.17, 15) is 0 Å². The van der Waals surface area contributed by atoms with Crippen LogP contribution in [0.4, 0.5) is 0 Å². The molecule has 0 bridgehead atoms. The number of thiol groups is 1. The molecule has 0 heterocycles. The van der Waals surface area contributed by atoms with Crippen LogP contribution >= 0.6 is 24.8 Å². The fourth-order valence-electron chi connectivity index (χ4n) is 0.851. The largest absolute Gasteiger partial charge is 0.136 e. The minimum Gasteiger partial charge on any atom is -0.136 e. The van der Waals surface area contributed by atoms with E-state index in [-0.39, 0.29) is 0 Å².